The number of aromatic nitrogens is 2. The van der Waals surface area contributed by atoms with Gasteiger partial charge in [-0.15, -0.1) is 0 Å². The lowest BCUT2D eigenvalue weighted by Crippen LogP contribution is -2.17. The van der Waals surface area contributed by atoms with Crippen molar-refractivity contribution in [3.8, 4) is 0 Å². The summed E-state index contributed by atoms with van der Waals surface area (Å²) < 4.78 is 26.6. The Morgan fingerprint density at radius 2 is 1.75 bits per heavy atom. The van der Waals surface area contributed by atoms with E-state index in [-0.39, 0.29) is 11.7 Å². The van der Waals surface area contributed by atoms with Gasteiger partial charge >= 0.3 is 0 Å². The van der Waals surface area contributed by atoms with Gasteiger partial charge in [-0.1, -0.05) is 29.8 Å². The number of hydrogen-bond acceptors (Lipinski definition) is 4. The topological polar surface area (TPSA) is 72.0 Å². The minimum Gasteiger partial charge on any atom is -0.251 e. The number of nitrogens with zero attached hydrogens (tertiary/aromatic N) is 2. The summed E-state index contributed by atoms with van der Waals surface area (Å²) in [5.74, 6) is -0.141. The number of benzene rings is 1. The van der Waals surface area contributed by atoms with Crippen LogP contribution in [0.4, 0.5) is 5.95 Å². The number of nitrogens with one attached hydrogen (secondary N) is 1. The summed E-state index contributed by atoms with van der Waals surface area (Å²) in [6, 6.07) is 8.58. The van der Waals surface area contributed by atoms with E-state index in [2.05, 4.69) is 14.7 Å². The largest absolute Gasteiger partial charge is 0.251 e. The molecule has 0 amide bonds. The molecule has 5 nitrogen and oxygen atoms in total. The first-order valence-corrected chi connectivity index (χ1v) is 7.95. The molecule has 1 aromatic heterocycles. The van der Waals surface area contributed by atoms with Gasteiger partial charge in [-0.2, -0.15) is 0 Å². The smallest absolute Gasteiger partial charge is 0.239 e. The molecule has 7 heteroatoms. The predicted molar refractivity (Wildman–Crippen MR) is 79.2 cm³/mol. The Kier molecular flexibility index (Phi) is 4.25. The molecule has 0 unspecified atom stereocenters. The highest BCUT2D eigenvalue weighted by molar-refractivity contribution is 7.91. The van der Waals surface area contributed by atoms with Gasteiger partial charge in [0.2, 0.25) is 16.0 Å². The minimum atomic E-state index is -3.60. The van der Waals surface area contributed by atoms with Crippen LogP contribution in [0.5, 0.6) is 0 Å². The molecular formula is C13H14ClN3O2S. The van der Waals surface area contributed by atoms with Gasteiger partial charge in [0.25, 0.3) is 0 Å². The van der Waals surface area contributed by atoms with Crippen LogP contribution >= 0.6 is 11.6 Å². The van der Waals surface area contributed by atoms with Gasteiger partial charge < -0.3 is 0 Å². The third kappa shape index (κ3) is 3.91. The normalized spacial score (nSPS) is 11.3. The Bertz CT molecular complexity index is 712. The van der Waals surface area contributed by atoms with Crippen molar-refractivity contribution in [3.05, 3.63) is 52.3 Å². The number of sulfonamides is 1. The highest BCUT2D eigenvalue weighted by Gasteiger charge is 2.15. The number of anilines is 1. The number of rotatable bonds is 4. The maximum atomic E-state index is 12.1. The summed E-state index contributed by atoms with van der Waals surface area (Å²) >= 11 is 5.96. The maximum absolute atomic E-state index is 12.1. The Labute approximate surface area is 123 Å². The molecule has 1 heterocycles. The highest BCUT2D eigenvalue weighted by Crippen LogP contribution is 2.18. The fraction of sp³-hybridized carbons (Fsp3) is 0.231. The van der Waals surface area contributed by atoms with Crippen molar-refractivity contribution in [2.45, 2.75) is 19.6 Å². The lowest BCUT2D eigenvalue weighted by molar-refractivity contribution is 0.600. The maximum Gasteiger partial charge on any atom is 0.239 e. The van der Waals surface area contributed by atoms with Crippen molar-refractivity contribution >= 4 is 27.6 Å². The van der Waals surface area contributed by atoms with Gasteiger partial charge in [-0.3, -0.25) is 4.72 Å². The zero-order chi connectivity index (χ0) is 14.8. The van der Waals surface area contributed by atoms with Crippen LogP contribution in [-0.4, -0.2) is 18.4 Å². The van der Waals surface area contributed by atoms with Crippen LogP contribution in [-0.2, 0) is 15.8 Å². The average molecular weight is 312 g/mol. The number of halogens is 1. The van der Waals surface area contributed by atoms with Crippen LogP contribution in [0.15, 0.2) is 30.3 Å². The monoisotopic (exact) mass is 311 g/mol. The van der Waals surface area contributed by atoms with Crippen molar-refractivity contribution in [1.82, 2.24) is 9.97 Å². The summed E-state index contributed by atoms with van der Waals surface area (Å²) in [5, 5.41) is 0.416. The van der Waals surface area contributed by atoms with Crippen LogP contribution in [0.2, 0.25) is 5.02 Å². The van der Waals surface area contributed by atoms with E-state index < -0.39 is 10.0 Å². The summed E-state index contributed by atoms with van der Waals surface area (Å²) in [5.41, 5.74) is 1.94. The molecule has 20 heavy (non-hydrogen) atoms. The van der Waals surface area contributed by atoms with Crippen molar-refractivity contribution < 1.29 is 8.42 Å². The van der Waals surface area contributed by atoms with Gasteiger partial charge in [0.15, 0.2) is 0 Å². The second-order valence-corrected chi connectivity index (χ2v) is 6.56. The molecule has 0 aliphatic heterocycles. The second kappa shape index (κ2) is 5.76. The molecule has 0 bridgehead atoms. The zero-order valence-electron chi connectivity index (χ0n) is 11.1. The van der Waals surface area contributed by atoms with E-state index >= 15 is 0 Å². The summed E-state index contributed by atoms with van der Waals surface area (Å²) in [7, 11) is -3.60. The van der Waals surface area contributed by atoms with Crippen molar-refractivity contribution in [2.75, 3.05) is 4.72 Å². The Morgan fingerprint density at radius 3 is 2.35 bits per heavy atom. The lowest BCUT2D eigenvalue weighted by atomic mass is 10.2. The van der Waals surface area contributed by atoms with E-state index in [0.29, 0.717) is 22.0 Å². The zero-order valence-corrected chi connectivity index (χ0v) is 12.7. The molecule has 0 radical (unpaired) electrons. The first-order chi connectivity index (χ1) is 9.35. The average Bonchev–Trinajstić information content (AvgIpc) is 2.29. The van der Waals surface area contributed by atoms with E-state index in [1.54, 1.807) is 44.2 Å². The van der Waals surface area contributed by atoms with Crippen LogP contribution in [0, 0.1) is 13.8 Å². The molecule has 0 atom stereocenters. The standard InChI is InChI=1S/C13H14ClN3O2S/c1-9-7-10(2)16-13(15-9)17-20(18,19)8-11-5-3-4-6-12(11)14/h3-7H,8H2,1-2H3,(H,15,16,17). The van der Waals surface area contributed by atoms with E-state index in [9.17, 15) is 8.42 Å². The molecule has 2 aromatic rings. The first-order valence-electron chi connectivity index (χ1n) is 5.92. The summed E-state index contributed by atoms with van der Waals surface area (Å²) in [6.07, 6.45) is 0. The second-order valence-electron chi connectivity index (χ2n) is 4.43. The van der Waals surface area contributed by atoms with Gasteiger partial charge in [0.1, 0.15) is 0 Å². The van der Waals surface area contributed by atoms with Crippen molar-refractivity contribution in [2.24, 2.45) is 0 Å². The van der Waals surface area contributed by atoms with E-state index in [0.717, 1.165) is 0 Å². The van der Waals surface area contributed by atoms with E-state index in [1.807, 2.05) is 0 Å². The van der Waals surface area contributed by atoms with Crippen LogP contribution < -0.4 is 4.72 Å². The highest BCUT2D eigenvalue weighted by atomic mass is 35.5. The van der Waals surface area contributed by atoms with Gasteiger partial charge in [0.05, 0.1) is 5.75 Å². The van der Waals surface area contributed by atoms with Gasteiger partial charge in [-0.05, 0) is 31.5 Å². The van der Waals surface area contributed by atoms with Crippen molar-refractivity contribution in [3.63, 3.8) is 0 Å². The summed E-state index contributed by atoms with van der Waals surface area (Å²) in [4.78, 5) is 8.10. The quantitative estimate of drug-likeness (QED) is 0.942. The van der Waals surface area contributed by atoms with Crippen molar-refractivity contribution in [1.29, 1.82) is 0 Å². The molecule has 0 fully saturated rings. The Morgan fingerprint density at radius 1 is 1.15 bits per heavy atom. The van der Waals surface area contributed by atoms with Crippen LogP contribution in [0.25, 0.3) is 0 Å². The predicted octanol–water partition coefficient (Wildman–Crippen LogP) is 2.69. The molecule has 106 valence electrons. The van der Waals surface area contributed by atoms with E-state index in [1.165, 1.54) is 0 Å². The molecular weight excluding hydrogens is 298 g/mol. The summed E-state index contributed by atoms with van der Waals surface area (Å²) in [6.45, 7) is 3.56. The van der Waals surface area contributed by atoms with E-state index in [4.69, 9.17) is 11.6 Å². The fourth-order valence-electron chi connectivity index (χ4n) is 1.77. The molecule has 0 aliphatic carbocycles. The third-order valence-corrected chi connectivity index (χ3v) is 4.09. The molecule has 2 rings (SSSR count). The SMILES string of the molecule is Cc1cc(C)nc(NS(=O)(=O)Cc2ccccc2Cl)n1. The molecule has 0 saturated carbocycles. The first kappa shape index (κ1) is 14.7. The molecule has 0 aliphatic rings. The Balaban J connectivity index is 2.21. The molecule has 1 aromatic carbocycles. The van der Waals surface area contributed by atoms with Crippen LogP contribution in [0.3, 0.4) is 0 Å². The fourth-order valence-corrected chi connectivity index (χ4v) is 3.15. The van der Waals surface area contributed by atoms with Gasteiger partial charge in [0, 0.05) is 16.4 Å². The Hall–Kier alpha value is -1.66. The number of aryl methyl sites for hydroxylation is 2. The van der Waals surface area contributed by atoms with Crippen LogP contribution in [0.1, 0.15) is 17.0 Å². The number of hydrogen-bond donors (Lipinski definition) is 1. The minimum absolute atomic E-state index is 0.0783. The lowest BCUT2D eigenvalue weighted by Gasteiger charge is -2.08. The third-order valence-electron chi connectivity index (χ3n) is 2.53. The van der Waals surface area contributed by atoms with Gasteiger partial charge in [-0.25, -0.2) is 18.4 Å². The molecule has 1 N–H and O–H groups in total. The molecule has 0 saturated heterocycles. The molecule has 0 spiro atoms.